The summed E-state index contributed by atoms with van der Waals surface area (Å²) in [7, 11) is -3.68. The van der Waals surface area contributed by atoms with Crippen molar-refractivity contribution in [3.8, 4) is 0 Å². The van der Waals surface area contributed by atoms with Crippen molar-refractivity contribution in [1.29, 1.82) is 0 Å². The molecule has 4 rings (SSSR count). The van der Waals surface area contributed by atoms with Crippen LogP contribution in [-0.2, 0) is 14.8 Å². The number of fused-ring (bicyclic) bond motifs is 1. The van der Waals surface area contributed by atoms with Crippen LogP contribution in [0.25, 0.3) is 11.0 Å². The van der Waals surface area contributed by atoms with Crippen LogP contribution in [0.15, 0.2) is 56.6 Å². The summed E-state index contributed by atoms with van der Waals surface area (Å²) in [5.41, 5.74) is 2.19. The van der Waals surface area contributed by atoms with Gasteiger partial charge in [0.1, 0.15) is 5.58 Å². The number of amides is 1. The molecule has 0 bridgehead atoms. The zero-order valence-electron chi connectivity index (χ0n) is 18.9. The van der Waals surface area contributed by atoms with Gasteiger partial charge in [0.05, 0.1) is 22.5 Å². The molecular weight excluding hydrogens is 444 g/mol. The molecule has 1 fully saturated rings. The Bertz CT molecular complexity index is 1370. The maximum absolute atomic E-state index is 13.0. The zero-order valence-corrected chi connectivity index (χ0v) is 19.7. The molecule has 0 aliphatic carbocycles. The van der Waals surface area contributed by atoms with E-state index in [0.29, 0.717) is 16.7 Å². The van der Waals surface area contributed by atoms with Gasteiger partial charge in [0.15, 0.2) is 11.2 Å². The van der Waals surface area contributed by atoms with E-state index in [4.69, 9.17) is 9.15 Å². The molecule has 1 aliphatic rings. The van der Waals surface area contributed by atoms with E-state index in [1.807, 2.05) is 33.8 Å². The van der Waals surface area contributed by atoms with Crippen LogP contribution in [0, 0.1) is 13.8 Å². The number of anilines is 1. The van der Waals surface area contributed by atoms with E-state index >= 15 is 0 Å². The van der Waals surface area contributed by atoms with Crippen molar-refractivity contribution in [1.82, 2.24) is 4.31 Å². The predicted octanol–water partition coefficient (Wildman–Crippen LogP) is 3.46. The Balaban J connectivity index is 1.55. The zero-order chi connectivity index (χ0) is 23.9. The van der Waals surface area contributed by atoms with E-state index in [-0.39, 0.29) is 41.4 Å². The Kier molecular flexibility index (Phi) is 6.13. The lowest BCUT2D eigenvalue weighted by molar-refractivity contribution is -0.0440. The van der Waals surface area contributed by atoms with Crippen molar-refractivity contribution in [2.75, 3.05) is 18.4 Å². The van der Waals surface area contributed by atoms with Crippen molar-refractivity contribution in [2.24, 2.45) is 0 Å². The van der Waals surface area contributed by atoms with E-state index < -0.39 is 15.9 Å². The highest BCUT2D eigenvalue weighted by Crippen LogP contribution is 2.24. The summed E-state index contributed by atoms with van der Waals surface area (Å²) in [6.07, 6.45) is -0.378. The molecule has 1 aromatic heterocycles. The molecule has 1 N–H and O–H groups in total. The number of rotatable bonds is 4. The summed E-state index contributed by atoms with van der Waals surface area (Å²) in [4.78, 5) is 25.3. The largest absolute Gasteiger partial charge is 0.450 e. The molecule has 1 amide bonds. The number of morpholine rings is 1. The van der Waals surface area contributed by atoms with Crippen LogP contribution in [-0.4, -0.2) is 43.9 Å². The summed E-state index contributed by atoms with van der Waals surface area (Å²) < 4.78 is 38.7. The third kappa shape index (κ3) is 4.57. The van der Waals surface area contributed by atoms with Crippen molar-refractivity contribution >= 4 is 32.6 Å². The van der Waals surface area contributed by atoms with Crippen LogP contribution in [0.3, 0.4) is 0 Å². The minimum atomic E-state index is -3.68. The number of sulfonamides is 1. The van der Waals surface area contributed by atoms with Gasteiger partial charge in [-0.1, -0.05) is 6.07 Å². The fraction of sp³-hybridized carbons (Fsp3) is 0.333. The second-order valence-corrected chi connectivity index (χ2v) is 10.4. The third-order valence-electron chi connectivity index (χ3n) is 5.78. The average molecular weight is 471 g/mol. The van der Waals surface area contributed by atoms with Crippen LogP contribution >= 0.6 is 0 Å². The normalized spacial score (nSPS) is 19.5. The van der Waals surface area contributed by atoms with Gasteiger partial charge in [-0.2, -0.15) is 4.31 Å². The smallest absolute Gasteiger partial charge is 0.291 e. The van der Waals surface area contributed by atoms with Gasteiger partial charge < -0.3 is 14.5 Å². The Morgan fingerprint density at radius 3 is 2.30 bits per heavy atom. The lowest BCUT2D eigenvalue weighted by atomic mass is 10.1. The minimum absolute atomic E-state index is 0.116. The van der Waals surface area contributed by atoms with E-state index in [1.54, 1.807) is 6.07 Å². The third-order valence-corrected chi connectivity index (χ3v) is 7.62. The summed E-state index contributed by atoms with van der Waals surface area (Å²) in [5.74, 6) is -0.712. The summed E-state index contributed by atoms with van der Waals surface area (Å²) >= 11 is 0. The predicted molar refractivity (Wildman–Crippen MR) is 125 cm³/mol. The van der Waals surface area contributed by atoms with Gasteiger partial charge in [0.25, 0.3) is 5.91 Å². The highest BCUT2D eigenvalue weighted by atomic mass is 32.2. The molecule has 2 atom stereocenters. The topological polar surface area (TPSA) is 106 Å². The Morgan fingerprint density at radius 2 is 1.67 bits per heavy atom. The summed E-state index contributed by atoms with van der Waals surface area (Å²) in [6, 6.07) is 10.6. The molecule has 0 radical (unpaired) electrons. The molecule has 2 aromatic carbocycles. The number of benzene rings is 2. The highest BCUT2D eigenvalue weighted by molar-refractivity contribution is 7.89. The molecule has 9 heteroatoms. The number of carbonyl (C=O) groups excluding carboxylic acids is 1. The molecule has 1 aliphatic heterocycles. The lowest BCUT2D eigenvalue weighted by Crippen LogP contribution is -2.48. The number of hydrogen-bond acceptors (Lipinski definition) is 6. The molecule has 0 spiro atoms. The van der Waals surface area contributed by atoms with Crippen LogP contribution < -0.4 is 10.7 Å². The number of aryl methyl sites for hydroxylation is 2. The fourth-order valence-electron chi connectivity index (χ4n) is 3.94. The Morgan fingerprint density at radius 1 is 1.03 bits per heavy atom. The van der Waals surface area contributed by atoms with Gasteiger partial charge in [-0.25, -0.2) is 8.42 Å². The van der Waals surface area contributed by atoms with Crippen molar-refractivity contribution < 1.29 is 22.4 Å². The molecule has 8 nitrogen and oxygen atoms in total. The molecular formula is C24H26N2O6S. The maximum atomic E-state index is 13.0. The van der Waals surface area contributed by atoms with Crippen LogP contribution in [0.1, 0.15) is 35.5 Å². The first-order valence-corrected chi connectivity index (χ1v) is 12.1. The Labute approximate surface area is 192 Å². The van der Waals surface area contributed by atoms with Gasteiger partial charge in [-0.15, -0.1) is 0 Å². The van der Waals surface area contributed by atoms with Crippen LogP contribution in [0.2, 0.25) is 0 Å². The van der Waals surface area contributed by atoms with Crippen molar-refractivity contribution in [3.63, 3.8) is 0 Å². The molecule has 2 heterocycles. The molecule has 174 valence electrons. The number of carbonyl (C=O) groups is 1. The van der Waals surface area contributed by atoms with E-state index in [0.717, 1.165) is 17.2 Å². The summed E-state index contributed by atoms with van der Waals surface area (Å²) in [6.45, 7) is 7.97. The second kappa shape index (κ2) is 8.74. The highest BCUT2D eigenvalue weighted by Gasteiger charge is 2.32. The molecule has 33 heavy (non-hydrogen) atoms. The maximum Gasteiger partial charge on any atom is 0.291 e. The molecule has 1 saturated heterocycles. The molecule has 3 aromatic rings. The number of hydrogen-bond donors (Lipinski definition) is 1. The van der Waals surface area contributed by atoms with Gasteiger partial charge in [-0.3, -0.25) is 9.59 Å². The van der Waals surface area contributed by atoms with Crippen molar-refractivity contribution in [3.05, 3.63) is 69.6 Å². The molecule has 0 unspecified atom stereocenters. The van der Waals surface area contributed by atoms with Crippen molar-refractivity contribution in [2.45, 2.75) is 44.8 Å². The monoisotopic (exact) mass is 470 g/mol. The Hall–Kier alpha value is -3.01. The van der Waals surface area contributed by atoms with E-state index in [1.165, 1.54) is 28.6 Å². The first-order chi connectivity index (χ1) is 15.6. The fourth-order valence-corrected chi connectivity index (χ4v) is 5.53. The second-order valence-electron chi connectivity index (χ2n) is 8.42. The van der Waals surface area contributed by atoms with Crippen LogP contribution in [0.5, 0.6) is 0 Å². The van der Waals surface area contributed by atoms with Gasteiger partial charge in [0, 0.05) is 24.8 Å². The quantitative estimate of drug-likeness (QED) is 0.626. The number of nitrogens with zero attached hydrogens (tertiary/aromatic N) is 1. The first kappa shape index (κ1) is 23.2. The van der Waals surface area contributed by atoms with E-state index in [9.17, 15) is 18.0 Å². The average Bonchev–Trinajstić information content (AvgIpc) is 2.76. The van der Waals surface area contributed by atoms with E-state index in [2.05, 4.69) is 5.32 Å². The van der Waals surface area contributed by atoms with Gasteiger partial charge in [-0.05, 0) is 69.2 Å². The standard InChI is InChI=1S/C24H26N2O6S/c1-14-5-10-20-21(27)11-22(32-23(20)17(14)4)24(28)25-18-6-8-19(9-7-18)33(29,30)26-12-15(2)31-16(3)13-26/h5-11,15-16H,12-13H2,1-4H3,(H,25,28)/t15-,16-/m0/s1. The SMILES string of the molecule is Cc1ccc2c(=O)cc(C(=O)Nc3ccc(S(=O)(=O)N4C[C@H](C)O[C@@H](C)C4)cc3)oc2c1C. The summed E-state index contributed by atoms with van der Waals surface area (Å²) in [5, 5.41) is 3.07. The molecule has 0 saturated carbocycles. The minimum Gasteiger partial charge on any atom is -0.450 e. The van der Waals surface area contributed by atoms with Gasteiger partial charge in [0.2, 0.25) is 10.0 Å². The van der Waals surface area contributed by atoms with Crippen LogP contribution in [0.4, 0.5) is 5.69 Å². The lowest BCUT2D eigenvalue weighted by Gasteiger charge is -2.34. The number of ether oxygens (including phenoxy) is 1. The number of nitrogens with one attached hydrogen (secondary N) is 1. The van der Waals surface area contributed by atoms with Gasteiger partial charge >= 0.3 is 0 Å². The first-order valence-electron chi connectivity index (χ1n) is 10.7.